The number of amides is 1. The average molecular weight is 498 g/mol. The minimum atomic E-state index is -1.000. The molecular formula is C29H32NNaO5. The Morgan fingerprint density at radius 3 is 2.33 bits per heavy atom. The Labute approximate surface area is 235 Å². The summed E-state index contributed by atoms with van der Waals surface area (Å²) < 4.78 is 5.70. The van der Waals surface area contributed by atoms with Gasteiger partial charge in [-0.1, -0.05) is 62.2 Å². The zero-order chi connectivity index (χ0) is 25.0. The van der Waals surface area contributed by atoms with Crippen LogP contribution in [-0.2, 0) is 17.8 Å². The van der Waals surface area contributed by atoms with Crippen molar-refractivity contribution in [1.29, 1.82) is 0 Å². The predicted molar refractivity (Wildman–Crippen MR) is 134 cm³/mol. The van der Waals surface area contributed by atoms with E-state index in [0.29, 0.717) is 37.3 Å². The molecule has 0 heterocycles. The van der Waals surface area contributed by atoms with E-state index >= 15 is 0 Å². The van der Waals surface area contributed by atoms with Gasteiger partial charge in [-0.15, -0.1) is 0 Å². The monoisotopic (exact) mass is 497 g/mol. The zero-order valence-corrected chi connectivity index (χ0v) is 23.0. The van der Waals surface area contributed by atoms with Gasteiger partial charge in [0, 0.05) is 17.5 Å². The second kappa shape index (κ2) is 15.5. The number of rotatable bonds is 13. The second-order valence-electron chi connectivity index (χ2n) is 8.55. The maximum atomic E-state index is 12.4. The zero-order valence-electron chi connectivity index (χ0n) is 21.0. The number of aliphatic hydroxyl groups is 1. The molecule has 0 bridgehead atoms. The molecule has 0 saturated heterocycles. The van der Waals surface area contributed by atoms with Crippen molar-refractivity contribution < 1.29 is 54.1 Å². The third-order valence-corrected chi connectivity index (χ3v) is 5.89. The van der Waals surface area contributed by atoms with Crippen molar-refractivity contribution in [2.75, 3.05) is 13.2 Å². The van der Waals surface area contributed by atoms with Gasteiger partial charge in [-0.25, -0.2) is 0 Å². The Morgan fingerprint density at radius 2 is 1.69 bits per heavy atom. The number of carboxylic acid groups (broad SMARTS) is 1. The first-order valence-electron chi connectivity index (χ1n) is 12.0. The number of nitrogens with one attached hydrogen (secondary N) is 1. The molecule has 0 spiro atoms. The molecule has 0 aliphatic heterocycles. The van der Waals surface area contributed by atoms with E-state index in [9.17, 15) is 19.8 Å². The minimum absolute atomic E-state index is 0. The minimum Gasteiger partial charge on any atom is -0.550 e. The maximum Gasteiger partial charge on any atom is 1.00 e. The molecule has 3 rings (SSSR count). The molecule has 0 aromatic heterocycles. The van der Waals surface area contributed by atoms with Crippen LogP contribution in [0, 0.1) is 5.92 Å². The summed E-state index contributed by atoms with van der Waals surface area (Å²) in [6.07, 6.45) is 2.90. The van der Waals surface area contributed by atoms with Gasteiger partial charge in [-0.3, -0.25) is 4.79 Å². The number of aliphatic hydroxyl groups excluding tert-OH is 1. The van der Waals surface area contributed by atoms with Gasteiger partial charge in [0.15, 0.2) is 0 Å². The number of aliphatic carboxylic acids is 1. The van der Waals surface area contributed by atoms with Crippen LogP contribution >= 0.6 is 0 Å². The number of unbranched alkanes of at least 4 members (excludes halogenated alkanes) is 1. The Kier molecular flexibility index (Phi) is 12.7. The summed E-state index contributed by atoms with van der Waals surface area (Å²) in [6, 6.07) is 22.3. The van der Waals surface area contributed by atoms with Crippen LogP contribution in [0.3, 0.4) is 0 Å². The van der Waals surface area contributed by atoms with Gasteiger partial charge in [0.1, 0.15) is 12.4 Å². The molecule has 0 radical (unpaired) electrons. The fourth-order valence-corrected chi connectivity index (χ4v) is 3.86. The summed E-state index contributed by atoms with van der Waals surface area (Å²) >= 11 is 0. The van der Waals surface area contributed by atoms with Crippen LogP contribution in [0.5, 0.6) is 5.75 Å². The molecule has 0 aliphatic rings. The Bertz CT molecular complexity index is 1100. The third kappa shape index (κ3) is 9.10. The first-order valence-corrected chi connectivity index (χ1v) is 12.0. The number of hydrogen-bond donors (Lipinski definition) is 2. The third-order valence-electron chi connectivity index (χ3n) is 5.89. The van der Waals surface area contributed by atoms with Crippen molar-refractivity contribution in [2.24, 2.45) is 5.92 Å². The quantitative estimate of drug-likeness (QED) is 0.268. The molecule has 0 fully saturated rings. The van der Waals surface area contributed by atoms with Gasteiger partial charge >= 0.3 is 29.6 Å². The van der Waals surface area contributed by atoms with Crippen molar-refractivity contribution in [3.8, 4) is 16.9 Å². The first kappa shape index (κ1) is 29.6. The number of ether oxygens (including phenoxy) is 1. The number of benzene rings is 3. The number of hydrogen-bond acceptors (Lipinski definition) is 5. The molecule has 184 valence electrons. The molecule has 0 aliphatic carbocycles. The van der Waals surface area contributed by atoms with E-state index in [1.807, 2.05) is 67.6 Å². The molecule has 2 N–H and O–H groups in total. The molecule has 1 amide bonds. The van der Waals surface area contributed by atoms with Crippen LogP contribution in [0.25, 0.3) is 11.1 Å². The predicted octanol–water partition coefficient (Wildman–Crippen LogP) is 0.758. The van der Waals surface area contributed by atoms with Crippen molar-refractivity contribution >= 4 is 11.9 Å². The summed E-state index contributed by atoms with van der Waals surface area (Å²) in [6.45, 7) is 2.69. The molecule has 1 unspecified atom stereocenters. The summed E-state index contributed by atoms with van der Waals surface area (Å²) in [5, 5.41) is 23.5. The van der Waals surface area contributed by atoms with E-state index in [1.165, 1.54) is 0 Å². The van der Waals surface area contributed by atoms with Crippen molar-refractivity contribution in [2.45, 2.75) is 39.2 Å². The van der Waals surface area contributed by atoms with Crippen LogP contribution in [0.4, 0.5) is 0 Å². The van der Waals surface area contributed by atoms with Gasteiger partial charge in [0.25, 0.3) is 5.91 Å². The van der Waals surface area contributed by atoms with Gasteiger partial charge in [-0.2, -0.15) is 0 Å². The molecule has 6 nitrogen and oxygen atoms in total. The number of carbonyl (C=O) groups is 2. The summed E-state index contributed by atoms with van der Waals surface area (Å²) in [5.74, 6) is -0.993. The fourth-order valence-electron chi connectivity index (χ4n) is 3.86. The van der Waals surface area contributed by atoms with Gasteiger partial charge in [-0.05, 0) is 65.4 Å². The molecule has 1 atom stereocenters. The number of carboxylic acids is 1. The van der Waals surface area contributed by atoms with E-state index in [2.05, 4.69) is 5.32 Å². The van der Waals surface area contributed by atoms with Crippen LogP contribution in [-0.4, -0.2) is 30.1 Å². The normalized spacial score (nSPS) is 11.3. The van der Waals surface area contributed by atoms with Crippen LogP contribution in [0.15, 0.2) is 72.8 Å². The van der Waals surface area contributed by atoms with E-state index in [4.69, 9.17) is 4.74 Å². The topological polar surface area (TPSA) is 98.7 Å². The molecule has 7 heteroatoms. The van der Waals surface area contributed by atoms with Crippen molar-refractivity contribution in [1.82, 2.24) is 5.32 Å². The summed E-state index contributed by atoms with van der Waals surface area (Å²) in [4.78, 5) is 23.8. The van der Waals surface area contributed by atoms with Gasteiger partial charge in [0.2, 0.25) is 0 Å². The summed E-state index contributed by atoms with van der Waals surface area (Å²) in [5.41, 5.74) is 4.29. The van der Waals surface area contributed by atoms with E-state index < -0.39 is 11.9 Å². The van der Waals surface area contributed by atoms with E-state index in [1.54, 1.807) is 12.1 Å². The van der Waals surface area contributed by atoms with Crippen LogP contribution in [0.2, 0.25) is 0 Å². The molecular weight excluding hydrogens is 465 g/mol. The van der Waals surface area contributed by atoms with E-state index in [0.717, 1.165) is 35.1 Å². The fraction of sp³-hybridized carbons (Fsp3) is 0.310. The largest absolute Gasteiger partial charge is 1.00 e. The Balaban J connectivity index is 0.00000456. The average Bonchev–Trinajstić information content (AvgIpc) is 2.89. The smallest absolute Gasteiger partial charge is 0.550 e. The maximum absolute atomic E-state index is 12.4. The van der Waals surface area contributed by atoms with Crippen LogP contribution in [0.1, 0.15) is 47.7 Å². The molecule has 3 aromatic rings. The Morgan fingerprint density at radius 1 is 0.972 bits per heavy atom. The van der Waals surface area contributed by atoms with Crippen LogP contribution < -0.4 is 44.7 Å². The molecule has 3 aromatic carbocycles. The first-order chi connectivity index (χ1) is 17.0. The van der Waals surface area contributed by atoms with Crippen molar-refractivity contribution in [3.05, 3.63) is 89.5 Å². The summed E-state index contributed by atoms with van der Waals surface area (Å²) in [7, 11) is 0. The van der Waals surface area contributed by atoms with Gasteiger partial charge < -0.3 is 25.1 Å². The molecule has 0 saturated carbocycles. The van der Waals surface area contributed by atoms with Gasteiger partial charge in [0.05, 0.1) is 13.2 Å². The van der Waals surface area contributed by atoms with E-state index in [-0.39, 0.29) is 42.1 Å². The Hall–Kier alpha value is -2.64. The second-order valence-corrected chi connectivity index (χ2v) is 8.55. The van der Waals surface area contributed by atoms with Crippen molar-refractivity contribution in [3.63, 3.8) is 0 Å². The number of carbonyl (C=O) groups excluding carboxylic acids is 2. The SMILES string of the molecule is CCCCC(Cc1ccc(OCCNC(=O)c2ccc(-c3cccc(CO)c3)cc2)cc1)C(=O)[O-].[Na+]. The molecule has 36 heavy (non-hydrogen) atoms. The standard InChI is InChI=1S/C29H33NO5.Na/c1-2-3-6-26(29(33)34)18-21-8-14-27(15-9-21)35-17-16-30-28(32)24-12-10-23(11-13-24)25-7-4-5-22(19-25)20-31;/h4-5,7-15,19,26,31H,2-3,6,16-18,20H2,1H3,(H,30,32)(H,33,34);/q;+1/p-1.